The lowest BCUT2D eigenvalue weighted by atomic mass is 9.98. The molecule has 7 heteroatoms. The molecule has 0 aliphatic heterocycles. The number of nitrogens with one attached hydrogen (secondary N) is 1. The van der Waals surface area contributed by atoms with E-state index in [0.29, 0.717) is 13.1 Å². The average Bonchev–Trinajstić information content (AvgIpc) is 2.97. The molecule has 4 nitrogen and oxygen atoms in total. The number of halogens is 3. The van der Waals surface area contributed by atoms with Gasteiger partial charge in [-0.3, -0.25) is 9.48 Å². The fourth-order valence-electron chi connectivity index (χ4n) is 2.94. The highest BCUT2D eigenvalue weighted by Crippen LogP contribution is 2.29. The molecule has 1 aromatic heterocycles. The number of benzene rings is 1. The number of nitrogens with zero attached hydrogens (tertiary/aromatic N) is 2. The summed E-state index contributed by atoms with van der Waals surface area (Å²) in [5.41, 5.74) is 1.95. The summed E-state index contributed by atoms with van der Waals surface area (Å²) in [5, 5.41) is 7.07. The monoisotopic (exact) mass is 337 g/mol. The van der Waals surface area contributed by atoms with Crippen LogP contribution in [0, 0.1) is 0 Å². The van der Waals surface area contributed by atoms with Crippen molar-refractivity contribution in [2.24, 2.45) is 0 Å². The normalized spacial score (nSPS) is 14.3. The molecule has 1 N–H and O–H groups in total. The molecule has 1 amide bonds. The van der Waals surface area contributed by atoms with Gasteiger partial charge in [0.25, 0.3) is 5.91 Å². The number of hydrogen-bond acceptors (Lipinski definition) is 2. The molecule has 1 aliphatic carbocycles. The molecule has 0 spiro atoms. The van der Waals surface area contributed by atoms with Gasteiger partial charge in [0, 0.05) is 17.8 Å². The van der Waals surface area contributed by atoms with E-state index in [1.165, 1.54) is 29.8 Å². The minimum Gasteiger partial charge on any atom is -0.350 e. The largest absolute Gasteiger partial charge is 0.416 e. The van der Waals surface area contributed by atoms with Crippen molar-refractivity contribution in [2.45, 2.75) is 38.4 Å². The van der Waals surface area contributed by atoms with Crippen molar-refractivity contribution in [1.82, 2.24) is 15.1 Å². The molecule has 128 valence electrons. The van der Waals surface area contributed by atoms with Crippen molar-refractivity contribution in [2.75, 3.05) is 6.54 Å². The molecular weight excluding hydrogens is 319 g/mol. The second-order valence-electron chi connectivity index (χ2n) is 5.88. The number of carbonyl (C=O) groups excluding carboxylic acids is 1. The number of aryl methyl sites for hydroxylation is 1. The number of alkyl halides is 3. The van der Waals surface area contributed by atoms with Gasteiger partial charge in [-0.05, 0) is 55.5 Å². The summed E-state index contributed by atoms with van der Waals surface area (Å²) in [5.74, 6) is -0.384. The molecular formula is C17H18F3N3O. The molecule has 0 fully saturated rings. The first-order chi connectivity index (χ1) is 11.4. The van der Waals surface area contributed by atoms with Gasteiger partial charge in [-0.2, -0.15) is 18.3 Å². The average molecular weight is 337 g/mol. The van der Waals surface area contributed by atoms with Crippen LogP contribution in [0.2, 0.25) is 0 Å². The first-order valence-electron chi connectivity index (χ1n) is 7.94. The third-order valence-electron chi connectivity index (χ3n) is 4.23. The first-order valence-corrected chi connectivity index (χ1v) is 7.94. The Bertz CT molecular complexity index is 720. The van der Waals surface area contributed by atoms with Crippen LogP contribution in [0.15, 0.2) is 30.5 Å². The van der Waals surface area contributed by atoms with Crippen LogP contribution < -0.4 is 5.32 Å². The molecule has 0 atom stereocenters. The lowest BCUT2D eigenvalue weighted by Crippen LogP contribution is -2.28. The molecule has 2 aromatic rings. The lowest BCUT2D eigenvalue weighted by Gasteiger charge is -2.14. The van der Waals surface area contributed by atoms with Gasteiger partial charge >= 0.3 is 6.18 Å². The minimum absolute atomic E-state index is 0.213. The van der Waals surface area contributed by atoms with Crippen molar-refractivity contribution in [1.29, 1.82) is 0 Å². The molecule has 1 heterocycles. The van der Waals surface area contributed by atoms with Gasteiger partial charge in [-0.1, -0.05) is 0 Å². The van der Waals surface area contributed by atoms with Gasteiger partial charge in [-0.25, -0.2) is 0 Å². The minimum atomic E-state index is -4.39. The molecule has 24 heavy (non-hydrogen) atoms. The van der Waals surface area contributed by atoms with Gasteiger partial charge in [0.2, 0.25) is 0 Å². The van der Waals surface area contributed by atoms with Crippen LogP contribution in [-0.2, 0) is 25.6 Å². The smallest absolute Gasteiger partial charge is 0.350 e. The molecule has 1 aliphatic rings. The summed E-state index contributed by atoms with van der Waals surface area (Å²) < 4.78 is 39.4. The highest BCUT2D eigenvalue weighted by molar-refractivity contribution is 5.94. The van der Waals surface area contributed by atoms with E-state index in [1.54, 1.807) is 0 Å². The first kappa shape index (κ1) is 16.5. The quantitative estimate of drug-likeness (QED) is 0.931. The van der Waals surface area contributed by atoms with E-state index in [2.05, 4.69) is 10.4 Å². The van der Waals surface area contributed by atoms with E-state index >= 15 is 0 Å². The number of rotatable bonds is 4. The van der Waals surface area contributed by atoms with E-state index in [0.717, 1.165) is 31.4 Å². The Morgan fingerprint density at radius 2 is 1.88 bits per heavy atom. The van der Waals surface area contributed by atoms with Crippen LogP contribution in [0.3, 0.4) is 0 Å². The zero-order valence-corrected chi connectivity index (χ0v) is 13.1. The molecule has 0 unspecified atom stereocenters. The molecule has 0 radical (unpaired) electrons. The Morgan fingerprint density at radius 3 is 2.58 bits per heavy atom. The Kier molecular flexibility index (Phi) is 4.59. The van der Waals surface area contributed by atoms with Crippen molar-refractivity contribution < 1.29 is 18.0 Å². The van der Waals surface area contributed by atoms with Gasteiger partial charge in [0.1, 0.15) is 0 Å². The lowest BCUT2D eigenvalue weighted by molar-refractivity contribution is -0.137. The topological polar surface area (TPSA) is 46.9 Å². The van der Waals surface area contributed by atoms with Crippen LogP contribution >= 0.6 is 0 Å². The maximum absolute atomic E-state index is 12.5. The summed E-state index contributed by atoms with van der Waals surface area (Å²) in [7, 11) is 0. The molecule has 0 bridgehead atoms. The van der Waals surface area contributed by atoms with E-state index < -0.39 is 11.7 Å². The van der Waals surface area contributed by atoms with Crippen molar-refractivity contribution in [3.8, 4) is 0 Å². The van der Waals surface area contributed by atoms with Gasteiger partial charge in [-0.15, -0.1) is 0 Å². The van der Waals surface area contributed by atoms with Crippen LogP contribution in [0.4, 0.5) is 13.2 Å². The van der Waals surface area contributed by atoms with Crippen LogP contribution in [0.5, 0.6) is 0 Å². The van der Waals surface area contributed by atoms with Crippen molar-refractivity contribution in [3.05, 3.63) is 52.8 Å². The predicted octanol–water partition coefficient (Wildman–Crippen LogP) is 3.21. The Morgan fingerprint density at radius 1 is 1.17 bits per heavy atom. The fraction of sp³-hybridized carbons (Fsp3) is 0.412. The second-order valence-corrected chi connectivity index (χ2v) is 5.88. The standard InChI is InChI=1S/C17H18F3N3O/c18-17(19,20)14-7-5-12(6-8-14)16(24)21-9-10-23-15-4-2-1-3-13(15)11-22-23/h5-8,11H,1-4,9-10H2,(H,21,24). The van der Waals surface area contributed by atoms with E-state index in [-0.39, 0.29) is 11.5 Å². The zero-order chi connectivity index (χ0) is 17.2. The highest BCUT2D eigenvalue weighted by atomic mass is 19.4. The van der Waals surface area contributed by atoms with Gasteiger partial charge < -0.3 is 5.32 Å². The second kappa shape index (κ2) is 6.67. The number of aromatic nitrogens is 2. The van der Waals surface area contributed by atoms with Crippen LogP contribution in [0.25, 0.3) is 0 Å². The van der Waals surface area contributed by atoms with E-state index in [4.69, 9.17) is 0 Å². The van der Waals surface area contributed by atoms with E-state index in [1.807, 2.05) is 10.9 Å². The number of hydrogen-bond donors (Lipinski definition) is 1. The van der Waals surface area contributed by atoms with Crippen molar-refractivity contribution in [3.63, 3.8) is 0 Å². The molecule has 1 aromatic carbocycles. The van der Waals surface area contributed by atoms with Crippen LogP contribution in [-0.4, -0.2) is 22.2 Å². The molecule has 0 saturated carbocycles. The van der Waals surface area contributed by atoms with Crippen molar-refractivity contribution >= 4 is 5.91 Å². The summed E-state index contributed by atoms with van der Waals surface area (Å²) in [4.78, 5) is 12.0. The number of fused-ring (bicyclic) bond motifs is 1. The molecule has 0 saturated heterocycles. The summed E-state index contributed by atoms with van der Waals surface area (Å²) in [6, 6.07) is 4.21. The maximum atomic E-state index is 12.5. The Labute approximate surface area is 137 Å². The van der Waals surface area contributed by atoms with Crippen LogP contribution in [0.1, 0.15) is 40.0 Å². The summed E-state index contributed by atoms with van der Waals surface area (Å²) in [6.07, 6.45) is 1.87. The zero-order valence-electron chi connectivity index (χ0n) is 13.1. The predicted molar refractivity (Wildman–Crippen MR) is 82.6 cm³/mol. The van der Waals surface area contributed by atoms with Gasteiger partial charge in [0.15, 0.2) is 0 Å². The Hall–Kier alpha value is -2.31. The summed E-state index contributed by atoms with van der Waals surface area (Å²) >= 11 is 0. The van der Waals surface area contributed by atoms with Gasteiger partial charge in [0.05, 0.1) is 18.3 Å². The fourth-order valence-corrected chi connectivity index (χ4v) is 2.94. The summed E-state index contributed by atoms with van der Waals surface area (Å²) in [6.45, 7) is 0.940. The Balaban J connectivity index is 1.55. The molecule has 3 rings (SSSR count). The highest BCUT2D eigenvalue weighted by Gasteiger charge is 2.30. The maximum Gasteiger partial charge on any atom is 0.416 e. The van der Waals surface area contributed by atoms with E-state index in [9.17, 15) is 18.0 Å². The SMILES string of the molecule is O=C(NCCn1ncc2c1CCCC2)c1ccc(C(F)(F)F)cc1. The number of amides is 1. The third-order valence-corrected chi connectivity index (χ3v) is 4.23. The third kappa shape index (κ3) is 3.60. The number of carbonyl (C=O) groups is 1.